The Morgan fingerprint density at radius 2 is 0.826 bits per heavy atom. The molecular weight excluding hydrogens is 568 g/mol. The lowest BCUT2D eigenvalue weighted by Gasteiger charge is -2.07. The number of fused-ring (bicyclic) bond motifs is 13. The topological polar surface area (TPSA) is 61.9 Å². The zero-order valence-corrected chi connectivity index (χ0v) is 24.3. The van der Waals surface area contributed by atoms with Gasteiger partial charge < -0.3 is 8.83 Å². The maximum atomic E-state index is 6.46. The summed E-state index contributed by atoms with van der Waals surface area (Å²) in [6.07, 6.45) is 3.71. The van der Waals surface area contributed by atoms with Crippen LogP contribution in [0.3, 0.4) is 0 Å². The third kappa shape index (κ3) is 3.05. The molecule has 6 heterocycles. The molecule has 6 heteroatoms. The highest BCUT2D eigenvalue weighted by Crippen LogP contribution is 2.42. The van der Waals surface area contributed by atoms with E-state index in [4.69, 9.17) is 18.8 Å². The number of hydrogen-bond acceptors (Lipinski definition) is 4. The summed E-state index contributed by atoms with van der Waals surface area (Å²) in [6, 6.07) is 42.0. The SMILES string of the molecule is c1ccc2c(c1)c1cccnc1n2-c1ccc2oc3ccc4oc5ccc(-n6c7ccccc7c7cccnc76)cc5c4c3c2c1. The normalized spacial score (nSPS) is 12.3. The first-order valence-electron chi connectivity index (χ1n) is 15.3. The molecule has 0 saturated heterocycles. The van der Waals surface area contributed by atoms with Crippen molar-refractivity contribution < 1.29 is 8.83 Å². The molecule has 0 bridgehead atoms. The molecule has 0 amide bonds. The van der Waals surface area contributed by atoms with Gasteiger partial charge in [-0.25, -0.2) is 9.97 Å². The van der Waals surface area contributed by atoms with Crippen LogP contribution in [0.25, 0.3) is 99.1 Å². The Balaban J connectivity index is 1.22. The van der Waals surface area contributed by atoms with E-state index in [1.165, 1.54) is 10.8 Å². The first-order valence-corrected chi connectivity index (χ1v) is 15.3. The van der Waals surface area contributed by atoms with Crippen LogP contribution in [0.5, 0.6) is 0 Å². The molecule has 6 aromatic heterocycles. The van der Waals surface area contributed by atoms with Crippen molar-refractivity contribution >= 4 is 87.7 Å². The van der Waals surface area contributed by atoms with Crippen molar-refractivity contribution in [1.29, 1.82) is 0 Å². The molecule has 0 spiro atoms. The monoisotopic (exact) mass is 590 g/mol. The van der Waals surface area contributed by atoms with Crippen LogP contribution in [0.1, 0.15) is 0 Å². The van der Waals surface area contributed by atoms with Crippen LogP contribution >= 0.6 is 0 Å². The Morgan fingerprint density at radius 1 is 0.391 bits per heavy atom. The highest BCUT2D eigenvalue weighted by Gasteiger charge is 2.20. The van der Waals surface area contributed by atoms with Gasteiger partial charge in [0, 0.05) is 66.9 Å². The maximum Gasteiger partial charge on any atom is 0.145 e. The summed E-state index contributed by atoms with van der Waals surface area (Å²) in [7, 11) is 0. The van der Waals surface area contributed by atoms with Gasteiger partial charge >= 0.3 is 0 Å². The molecule has 0 aliphatic heterocycles. The van der Waals surface area contributed by atoms with Gasteiger partial charge in [-0.05, 0) is 84.9 Å². The lowest BCUT2D eigenvalue weighted by molar-refractivity contribution is 0.663. The van der Waals surface area contributed by atoms with Crippen molar-refractivity contribution in [3.8, 4) is 11.4 Å². The molecule has 0 fully saturated rings. The van der Waals surface area contributed by atoms with E-state index in [-0.39, 0.29) is 0 Å². The standard InChI is InChI=1S/C40H22N4O2/c1-3-11-31-25(7-1)27-9-5-19-41-39(27)43(31)23-13-15-33-29(21-23)37-35(45-33)17-18-36-38(37)30-22-24(14-16-34(30)46-36)44-32-12-4-2-8-26(32)28-10-6-20-42-40(28)44/h1-22H. The van der Waals surface area contributed by atoms with Gasteiger partial charge in [0.15, 0.2) is 0 Å². The fraction of sp³-hybridized carbons (Fsp3) is 0. The molecule has 11 aromatic rings. The first-order chi connectivity index (χ1) is 22.8. The van der Waals surface area contributed by atoms with Gasteiger partial charge in [-0.15, -0.1) is 0 Å². The first kappa shape index (κ1) is 24.0. The van der Waals surface area contributed by atoms with Crippen molar-refractivity contribution in [1.82, 2.24) is 19.1 Å². The van der Waals surface area contributed by atoms with E-state index in [0.29, 0.717) is 0 Å². The number of hydrogen-bond donors (Lipinski definition) is 0. The highest BCUT2D eigenvalue weighted by atomic mass is 16.3. The third-order valence-electron chi connectivity index (χ3n) is 9.42. The minimum atomic E-state index is 0.826. The minimum Gasteiger partial charge on any atom is -0.456 e. The summed E-state index contributed by atoms with van der Waals surface area (Å²) in [5, 5.41) is 8.77. The molecule has 0 atom stereocenters. The number of rotatable bonds is 2. The maximum absolute atomic E-state index is 6.46. The summed E-state index contributed by atoms with van der Waals surface area (Å²) in [5.41, 5.74) is 9.47. The second-order valence-electron chi connectivity index (χ2n) is 11.8. The fourth-order valence-electron chi connectivity index (χ4n) is 7.50. The average molecular weight is 591 g/mol. The van der Waals surface area contributed by atoms with E-state index >= 15 is 0 Å². The van der Waals surface area contributed by atoms with E-state index in [2.05, 4.69) is 106 Å². The largest absolute Gasteiger partial charge is 0.456 e. The van der Waals surface area contributed by atoms with Crippen LogP contribution < -0.4 is 0 Å². The molecular formula is C40H22N4O2. The van der Waals surface area contributed by atoms with Gasteiger partial charge in [0.05, 0.1) is 11.0 Å². The molecule has 0 N–H and O–H groups in total. The Hall–Kier alpha value is -6.40. The summed E-state index contributed by atoms with van der Waals surface area (Å²) in [5.74, 6) is 0. The molecule has 0 saturated carbocycles. The number of aromatic nitrogens is 4. The van der Waals surface area contributed by atoms with Crippen LogP contribution in [0, 0.1) is 0 Å². The van der Waals surface area contributed by atoms with E-state index in [0.717, 1.165) is 88.4 Å². The van der Waals surface area contributed by atoms with Gasteiger partial charge in [-0.1, -0.05) is 36.4 Å². The van der Waals surface area contributed by atoms with Crippen molar-refractivity contribution in [3.63, 3.8) is 0 Å². The Morgan fingerprint density at radius 3 is 1.33 bits per heavy atom. The number of pyridine rings is 2. The second kappa shape index (κ2) is 8.61. The van der Waals surface area contributed by atoms with Crippen LogP contribution in [0.15, 0.2) is 143 Å². The zero-order chi connectivity index (χ0) is 29.9. The second-order valence-corrected chi connectivity index (χ2v) is 11.8. The number of nitrogens with zero attached hydrogens (tertiary/aromatic N) is 4. The smallest absolute Gasteiger partial charge is 0.145 e. The van der Waals surface area contributed by atoms with Crippen LogP contribution in [0.2, 0.25) is 0 Å². The van der Waals surface area contributed by atoms with Crippen molar-refractivity contribution in [2.24, 2.45) is 0 Å². The predicted octanol–water partition coefficient (Wildman–Crippen LogP) is 10.5. The van der Waals surface area contributed by atoms with Gasteiger partial charge in [-0.3, -0.25) is 9.13 Å². The Labute approximate surface area is 260 Å². The number of para-hydroxylation sites is 2. The quantitative estimate of drug-likeness (QED) is 0.201. The Bertz CT molecular complexity index is 2730. The summed E-state index contributed by atoms with van der Waals surface area (Å²) in [4.78, 5) is 9.60. The molecule has 11 rings (SSSR count). The van der Waals surface area contributed by atoms with Crippen molar-refractivity contribution in [2.75, 3.05) is 0 Å². The van der Waals surface area contributed by atoms with Crippen molar-refractivity contribution in [3.05, 3.63) is 134 Å². The van der Waals surface area contributed by atoms with Gasteiger partial charge in [0.25, 0.3) is 0 Å². The van der Waals surface area contributed by atoms with E-state index in [1.54, 1.807) is 0 Å². The molecule has 0 unspecified atom stereocenters. The Kier molecular flexibility index (Phi) is 4.49. The molecule has 214 valence electrons. The van der Waals surface area contributed by atoms with Gasteiger partial charge in [-0.2, -0.15) is 0 Å². The molecule has 6 nitrogen and oxygen atoms in total. The summed E-state index contributed by atoms with van der Waals surface area (Å²) in [6.45, 7) is 0. The highest BCUT2D eigenvalue weighted by molar-refractivity contribution is 6.26. The van der Waals surface area contributed by atoms with Crippen LogP contribution in [0.4, 0.5) is 0 Å². The van der Waals surface area contributed by atoms with Gasteiger partial charge in [0.1, 0.15) is 33.6 Å². The number of benzene rings is 5. The fourth-order valence-corrected chi connectivity index (χ4v) is 7.50. The molecule has 0 radical (unpaired) electrons. The van der Waals surface area contributed by atoms with Crippen LogP contribution in [-0.2, 0) is 0 Å². The summed E-state index contributed by atoms with van der Waals surface area (Å²) >= 11 is 0. The minimum absolute atomic E-state index is 0.826. The molecule has 5 aromatic carbocycles. The molecule has 0 aliphatic rings. The lowest BCUT2D eigenvalue weighted by atomic mass is 10.0. The number of furan rings is 2. The van der Waals surface area contributed by atoms with E-state index in [1.807, 2.05) is 36.7 Å². The third-order valence-corrected chi connectivity index (χ3v) is 9.42. The van der Waals surface area contributed by atoms with Gasteiger partial charge in [0.2, 0.25) is 0 Å². The zero-order valence-electron chi connectivity index (χ0n) is 24.3. The van der Waals surface area contributed by atoms with Crippen LogP contribution in [-0.4, -0.2) is 19.1 Å². The lowest BCUT2D eigenvalue weighted by Crippen LogP contribution is -1.95. The van der Waals surface area contributed by atoms with Crippen molar-refractivity contribution in [2.45, 2.75) is 0 Å². The molecule has 46 heavy (non-hydrogen) atoms. The van der Waals surface area contributed by atoms with E-state index in [9.17, 15) is 0 Å². The molecule has 0 aliphatic carbocycles. The summed E-state index contributed by atoms with van der Waals surface area (Å²) < 4.78 is 17.4. The average Bonchev–Trinajstić information content (AvgIpc) is 3.85. The predicted molar refractivity (Wildman–Crippen MR) is 185 cm³/mol. The van der Waals surface area contributed by atoms with E-state index < -0.39 is 0 Å².